The van der Waals surface area contributed by atoms with E-state index in [4.69, 9.17) is 4.74 Å². The summed E-state index contributed by atoms with van der Waals surface area (Å²) in [4.78, 5) is 15.1. The van der Waals surface area contributed by atoms with E-state index in [1.807, 2.05) is 4.90 Å². The molecule has 0 bridgehead atoms. The summed E-state index contributed by atoms with van der Waals surface area (Å²) in [5, 5.41) is 10.7. The molecule has 1 aromatic carbocycles. The lowest BCUT2D eigenvalue weighted by molar-refractivity contribution is -0.132. The zero-order chi connectivity index (χ0) is 18.1. The van der Waals surface area contributed by atoms with Crippen molar-refractivity contribution >= 4 is 11.6 Å². The Morgan fingerprint density at radius 3 is 2.32 bits per heavy atom. The van der Waals surface area contributed by atoms with Crippen molar-refractivity contribution in [3.05, 3.63) is 29.8 Å². The Labute approximate surface area is 151 Å². The third-order valence-electron chi connectivity index (χ3n) is 6.50. The van der Waals surface area contributed by atoms with Gasteiger partial charge in [0.2, 0.25) is 5.91 Å². The van der Waals surface area contributed by atoms with Crippen LogP contribution in [-0.4, -0.2) is 36.9 Å². The fraction of sp³-hybridized carbons (Fsp3) is 0.667. The highest BCUT2D eigenvalue weighted by Gasteiger charge is 2.52. The zero-order valence-electron chi connectivity index (χ0n) is 15.8. The summed E-state index contributed by atoms with van der Waals surface area (Å²) in [6.07, 6.45) is 4.89. The van der Waals surface area contributed by atoms with E-state index < -0.39 is 5.60 Å². The van der Waals surface area contributed by atoms with Gasteiger partial charge in [0.25, 0.3) is 0 Å². The molecule has 2 aliphatic rings. The van der Waals surface area contributed by atoms with E-state index in [1.54, 1.807) is 7.11 Å². The molecule has 1 heterocycles. The van der Waals surface area contributed by atoms with Crippen molar-refractivity contribution in [1.29, 1.82) is 0 Å². The van der Waals surface area contributed by atoms with Crippen LogP contribution in [0.4, 0.5) is 5.69 Å². The first-order valence-corrected chi connectivity index (χ1v) is 9.52. The Bertz CT molecular complexity index is 600. The molecule has 1 saturated heterocycles. The molecule has 4 nitrogen and oxygen atoms in total. The molecule has 1 spiro atoms. The molecular weight excluding hydrogens is 314 g/mol. The second-order valence-corrected chi connectivity index (χ2v) is 8.15. The van der Waals surface area contributed by atoms with Gasteiger partial charge in [0.05, 0.1) is 17.6 Å². The number of methoxy groups -OCH3 is 1. The number of anilines is 1. The molecular formula is C21H31NO3. The van der Waals surface area contributed by atoms with Gasteiger partial charge in [0, 0.05) is 19.3 Å². The maximum absolute atomic E-state index is 13.1. The Morgan fingerprint density at radius 1 is 1.12 bits per heavy atom. The third-order valence-corrected chi connectivity index (χ3v) is 6.50. The molecule has 1 aliphatic carbocycles. The predicted molar refractivity (Wildman–Crippen MR) is 99.7 cm³/mol. The van der Waals surface area contributed by atoms with E-state index in [2.05, 4.69) is 38.1 Å². The number of nitrogens with zero attached hydrogens (tertiary/aromatic N) is 1. The molecule has 1 aromatic rings. The number of ether oxygens (including phenoxy) is 1. The number of amides is 1. The molecule has 4 heteroatoms. The van der Waals surface area contributed by atoms with Crippen LogP contribution in [0.1, 0.15) is 51.5 Å². The maximum atomic E-state index is 13.1. The number of benzene rings is 1. The van der Waals surface area contributed by atoms with Crippen molar-refractivity contribution in [2.45, 2.75) is 58.0 Å². The van der Waals surface area contributed by atoms with Crippen molar-refractivity contribution in [2.75, 3.05) is 25.2 Å². The van der Waals surface area contributed by atoms with E-state index in [0.717, 1.165) is 50.8 Å². The lowest BCUT2D eigenvalue weighted by atomic mass is 9.65. The minimum Gasteiger partial charge on any atom is -0.390 e. The van der Waals surface area contributed by atoms with Gasteiger partial charge >= 0.3 is 0 Å². The van der Waals surface area contributed by atoms with Crippen LogP contribution >= 0.6 is 0 Å². The van der Waals surface area contributed by atoms with Crippen molar-refractivity contribution in [3.63, 3.8) is 0 Å². The van der Waals surface area contributed by atoms with Crippen LogP contribution < -0.4 is 4.90 Å². The smallest absolute Gasteiger partial charge is 0.233 e. The Balaban J connectivity index is 1.68. The predicted octanol–water partition coefficient (Wildman–Crippen LogP) is 3.56. The topological polar surface area (TPSA) is 49.8 Å². The molecule has 25 heavy (non-hydrogen) atoms. The Hall–Kier alpha value is -1.39. The molecule has 3 rings (SSSR count). The van der Waals surface area contributed by atoms with Crippen LogP contribution in [0.3, 0.4) is 0 Å². The summed E-state index contributed by atoms with van der Waals surface area (Å²) >= 11 is 0. The molecule has 0 radical (unpaired) electrons. The van der Waals surface area contributed by atoms with Gasteiger partial charge in [0.15, 0.2) is 0 Å². The average Bonchev–Trinajstić information content (AvgIpc) is 2.93. The van der Waals surface area contributed by atoms with Gasteiger partial charge in [0.1, 0.15) is 0 Å². The van der Waals surface area contributed by atoms with Crippen molar-refractivity contribution in [3.8, 4) is 0 Å². The van der Waals surface area contributed by atoms with Crippen LogP contribution in [0.2, 0.25) is 0 Å². The molecule has 138 valence electrons. The van der Waals surface area contributed by atoms with E-state index in [1.165, 1.54) is 5.56 Å². The van der Waals surface area contributed by atoms with Gasteiger partial charge in [-0.05, 0) is 62.1 Å². The monoisotopic (exact) mass is 345 g/mol. The van der Waals surface area contributed by atoms with E-state index in [0.29, 0.717) is 6.61 Å². The Morgan fingerprint density at radius 2 is 1.76 bits per heavy atom. The van der Waals surface area contributed by atoms with Gasteiger partial charge in [-0.1, -0.05) is 26.0 Å². The van der Waals surface area contributed by atoms with Crippen LogP contribution in [0.5, 0.6) is 0 Å². The second-order valence-electron chi connectivity index (χ2n) is 8.15. The number of carbonyl (C=O) groups is 1. The molecule has 1 saturated carbocycles. The highest BCUT2D eigenvalue weighted by molar-refractivity contribution is 6.00. The third kappa shape index (κ3) is 3.47. The lowest BCUT2D eigenvalue weighted by Crippen LogP contribution is -2.46. The fourth-order valence-corrected chi connectivity index (χ4v) is 4.33. The summed E-state index contributed by atoms with van der Waals surface area (Å²) < 4.78 is 5.12. The minimum atomic E-state index is -0.595. The molecule has 1 N–H and O–H groups in total. The van der Waals surface area contributed by atoms with Crippen molar-refractivity contribution in [2.24, 2.45) is 11.3 Å². The molecule has 2 fully saturated rings. The highest BCUT2D eigenvalue weighted by atomic mass is 16.5. The summed E-state index contributed by atoms with van der Waals surface area (Å²) in [5.74, 6) is 0.500. The quantitative estimate of drug-likeness (QED) is 0.888. The number of aliphatic hydroxyl groups is 1. The summed E-state index contributed by atoms with van der Waals surface area (Å²) in [6, 6.07) is 8.28. The second kappa shape index (κ2) is 7.08. The van der Waals surface area contributed by atoms with Gasteiger partial charge in [-0.15, -0.1) is 0 Å². The standard InChI is InChI=1S/C21H31NO3/c1-16(2)21(24)11-9-20(10-12-21)13-14-22(19(20)23)18-6-4-17(5-7-18)8-15-25-3/h4-7,16,24H,8-15H2,1-3H3/t20-,21+. The zero-order valence-corrected chi connectivity index (χ0v) is 15.8. The van der Waals surface area contributed by atoms with Gasteiger partial charge in [-0.25, -0.2) is 0 Å². The maximum Gasteiger partial charge on any atom is 0.233 e. The van der Waals surface area contributed by atoms with E-state index in [-0.39, 0.29) is 17.2 Å². The van der Waals surface area contributed by atoms with Crippen molar-refractivity contribution in [1.82, 2.24) is 0 Å². The fourth-order valence-electron chi connectivity index (χ4n) is 4.33. The number of carbonyl (C=O) groups excluding carboxylic acids is 1. The van der Waals surface area contributed by atoms with Gasteiger partial charge < -0.3 is 14.7 Å². The molecule has 0 aromatic heterocycles. The number of hydrogen-bond acceptors (Lipinski definition) is 3. The van der Waals surface area contributed by atoms with Crippen LogP contribution in [-0.2, 0) is 16.0 Å². The summed E-state index contributed by atoms with van der Waals surface area (Å²) in [7, 11) is 1.71. The van der Waals surface area contributed by atoms with E-state index >= 15 is 0 Å². The first-order valence-electron chi connectivity index (χ1n) is 9.52. The Kier molecular flexibility index (Phi) is 5.21. The van der Waals surface area contributed by atoms with Gasteiger partial charge in [-0.3, -0.25) is 4.79 Å². The van der Waals surface area contributed by atoms with Gasteiger partial charge in [-0.2, -0.15) is 0 Å². The van der Waals surface area contributed by atoms with Crippen LogP contribution in [0.25, 0.3) is 0 Å². The molecule has 0 atom stereocenters. The number of hydrogen-bond donors (Lipinski definition) is 1. The highest BCUT2D eigenvalue weighted by Crippen LogP contribution is 2.50. The SMILES string of the molecule is COCCc1ccc(N2CC[C@]3(CC[C@@](O)(C(C)C)CC3)C2=O)cc1. The molecule has 1 aliphatic heterocycles. The van der Waals surface area contributed by atoms with E-state index in [9.17, 15) is 9.90 Å². The molecule has 0 unspecified atom stereocenters. The normalized spacial score (nSPS) is 29.8. The number of rotatable bonds is 5. The summed E-state index contributed by atoms with van der Waals surface area (Å²) in [5.41, 5.74) is 1.37. The lowest BCUT2D eigenvalue weighted by Gasteiger charge is -2.43. The minimum absolute atomic E-state index is 0.247. The average molecular weight is 345 g/mol. The summed E-state index contributed by atoms with van der Waals surface area (Å²) in [6.45, 7) is 5.65. The molecule has 1 amide bonds. The largest absolute Gasteiger partial charge is 0.390 e. The van der Waals surface area contributed by atoms with Crippen molar-refractivity contribution < 1.29 is 14.6 Å². The first kappa shape index (κ1) is 18.4. The van der Waals surface area contributed by atoms with Crippen LogP contribution in [0, 0.1) is 11.3 Å². The van der Waals surface area contributed by atoms with Crippen LogP contribution in [0.15, 0.2) is 24.3 Å². The first-order chi connectivity index (χ1) is 11.9.